The zero-order valence-electron chi connectivity index (χ0n) is 13.1. The van der Waals surface area contributed by atoms with Gasteiger partial charge in [-0.05, 0) is 24.3 Å². The molecule has 1 amide bonds. The van der Waals surface area contributed by atoms with E-state index >= 15 is 0 Å². The van der Waals surface area contributed by atoms with Crippen LogP contribution < -0.4 is 5.32 Å². The first-order valence-corrected chi connectivity index (χ1v) is 8.35. The van der Waals surface area contributed by atoms with E-state index in [2.05, 4.69) is 29.4 Å². The maximum atomic E-state index is 12.5. The Balaban J connectivity index is 1.75. The summed E-state index contributed by atoms with van der Waals surface area (Å²) in [4.78, 5) is 13.5. The summed E-state index contributed by atoms with van der Waals surface area (Å²) in [6.07, 6.45) is 1.89. The Kier molecular flexibility index (Phi) is 4.62. The summed E-state index contributed by atoms with van der Waals surface area (Å²) in [7, 11) is 0. The van der Waals surface area contributed by atoms with Gasteiger partial charge < -0.3 is 5.32 Å². The summed E-state index contributed by atoms with van der Waals surface area (Å²) in [5.41, 5.74) is 1.47. The summed E-state index contributed by atoms with van der Waals surface area (Å²) in [5.74, 6) is 0.615. The molecule has 0 saturated carbocycles. The molecule has 23 heavy (non-hydrogen) atoms. The molecule has 1 aromatic carbocycles. The molecule has 5 nitrogen and oxygen atoms in total. The van der Waals surface area contributed by atoms with Crippen LogP contribution in [0.3, 0.4) is 0 Å². The number of fused-ring (bicyclic) bond motifs is 1. The summed E-state index contributed by atoms with van der Waals surface area (Å²) in [6, 6.07) is 13.4. The lowest BCUT2D eigenvalue weighted by Gasteiger charge is -2.11. The molecule has 2 heterocycles. The third-order valence-corrected chi connectivity index (χ3v) is 4.37. The number of nitrogens with zero attached hydrogens (tertiary/aromatic N) is 3. The minimum absolute atomic E-state index is 0.0959. The predicted octanol–water partition coefficient (Wildman–Crippen LogP) is 3.16. The molecular weight excluding hydrogens is 308 g/mol. The Morgan fingerprint density at radius 1 is 1.17 bits per heavy atom. The summed E-state index contributed by atoms with van der Waals surface area (Å²) in [5, 5.41) is 11.6. The molecule has 3 rings (SSSR count). The summed E-state index contributed by atoms with van der Waals surface area (Å²) >= 11 is 1.69. The van der Waals surface area contributed by atoms with E-state index in [-0.39, 0.29) is 5.91 Å². The van der Waals surface area contributed by atoms with Crippen molar-refractivity contribution < 1.29 is 4.79 Å². The fourth-order valence-electron chi connectivity index (χ4n) is 2.28. The van der Waals surface area contributed by atoms with E-state index in [1.807, 2.05) is 53.1 Å². The van der Waals surface area contributed by atoms with Crippen LogP contribution in [0.25, 0.3) is 5.65 Å². The normalized spacial score (nSPS) is 11.1. The van der Waals surface area contributed by atoms with Crippen molar-refractivity contribution in [3.63, 3.8) is 0 Å². The van der Waals surface area contributed by atoms with Crippen LogP contribution in [0.1, 0.15) is 30.0 Å². The van der Waals surface area contributed by atoms with Crippen LogP contribution in [0.2, 0.25) is 0 Å². The average Bonchev–Trinajstić information content (AvgIpc) is 2.96. The lowest BCUT2D eigenvalue weighted by atomic mass is 10.2. The van der Waals surface area contributed by atoms with Gasteiger partial charge in [0.05, 0.1) is 12.1 Å². The van der Waals surface area contributed by atoms with Crippen LogP contribution in [0.5, 0.6) is 0 Å². The second-order valence-electron chi connectivity index (χ2n) is 5.39. The van der Waals surface area contributed by atoms with Crippen LogP contribution >= 0.6 is 11.8 Å². The van der Waals surface area contributed by atoms with Crippen LogP contribution in [0.4, 0.5) is 0 Å². The Bertz CT molecular complexity index is 828. The van der Waals surface area contributed by atoms with Crippen LogP contribution in [-0.4, -0.2) is 25.8 Å². The van der Waals surface area contributed by atoms with Gasteiger partial charge in [0.1, 0.15) is 0 Å². The topological polar surface area (TPSA) is 59.3 Å². The summed E-state index contributed by atoms with van der Waals surface area (Å²) < 4.78 is 1.87. The van der Waals surface area contributed by atoms with Gasteiger partial charge in [-0.25, -0.2) is 0 Å². The lowest BCUT2D eigenvalue weighted by molar-refractivity contribution is 0.0947. The fraction of sp³-hybridized carbons (Fsp3) is 0.235. The molecule has 0 radical (unpaired) electrons. The highest BCUT2D eigenvalue weighted by molar-refractivity contribution is 8.00. The number of nitrogens with one attached hydrogen (secondary N) is 1. The largest absolute Gasteiger partial charge is 0.345 e. The number of hydrogen-bond donors (Lipinski definition) is 1. The third kappa shape index (κ3) is 3.53. The van der Waals surface area contributed by atoms with Gasteiger partial charge in [0.15, 0.2) is 11.5 Å². The molecule has 0 saturated heterocycles. The first-order valence-electron chi connectivity index (χ1n) is 7.47. The molecule has 2 aromatic heterocycles. The number of benzene rings is 1. The Labute approximate surface area is 139 Å². The van der Waals surface area contributed by atoms with E-state index < -0.39 is 0 Å². The van der Waals surface area contributed by atoms with Gasteiger partial charge in [-0.2, -0.15) is 0 Å². The van der Waals surface area contributed by atoms with Gasteiger partial charge >= 0.3 is 0 Å². The number of amides is 1. The minimum Gasteiger partial charge on any atom is -0.345 e. The van der Waals surface area contributed by atoms with Gasteiger partial charge in [0, 0.05) is 16.3 Å². The zero-order valence-corrected chi connectivity index (χ0v) is 13.9. The van der Waals surface area contributed by atoms with Crippen molar-refractivity contribution in [2.24, 2.45) is 0 Å². The van der Waals surface area contributed by atoms with Crippen LogP contribution in [0, 0.1) is 0 Å². The monoisotopic (exact) mass is 326 g/mol. The lowest BCUT2D eigenvalue weighted by Crippen LogP contribution is -2.24. The Morgan fingerprint density at radius 2 is 1.96 bits per heavy atom. The Hall–Kier alpha value is -2.34. The molecule has 0 atom stereocenters. The molecule has 0 bridgehead atoms. The number of hydrogen-bond acceptors (Lipinski definition) is 4. The molecule has 0 fully saturated rings. The first kappa shape index (κ1) is 15.6. The number of carbonyl (C=O) groups excluding carboxylic acids is 1. The van der Waals surface area contributed by atoms with Gasteiger partial charge in [-0.15, -0.1) is 22.0 Å². The summed E-state index contributed by atoms with van der Waals surface area (Å²) in [6.45, 7) is 4.56. The predicted molar refractivity (Wildman–Crippen MR) is 91.6 cm³/mol. The van der Waals surface area contributed by atoms with E-state index in [4.69, 9.17) is 0 Å². The van der Waals surface area contributed by atoms with Crippen LogP contribution in [0.15, 0.2) is 53.6 Å². The zero-order chi connectivity index (χ0) is 16.2. The molecular formula is C17H18N4OS. The molecule has 118 valence electrons. The average molecular weight is 326 g/mol. The Morgan fingerprint density at radius 3 is 2.78 bits per heavy atom. The van der Waals surface area contributed by atoms with Gasteiger partial charge in [0.2, 0.25) is 0 Å². The first-order chi connectivity index (χ1) is 11.1. The van der Waals surface area contributed by atoms with Crippen molar-refractivity contribution >= 4 is 23.3 Å². The standard InChI is InChI=1S/C17H18N4OS/c1-12(2)23-14-8-4-3-7-13(14)17(22)18-11-16-20-19-15-9-5-6-10-21(15)16/h3-10,12H,11H2,1-2H3,(H,18,22). The molecule has 0 aliphatic rings. The quantitative estimate of drug-likeness (QED) is 0.732. The second-order valence-corrected chi connectivity index (χ2v) is 7.01. The maximum Gasteiger partial charge on any atom is 0.252 e. The molecule has 3 aromatic rings. The minimum atomic E-state index is -0.0959. The molecule has 6 heteroatoms. The van der Waals surface area contributed by atoms with Gasteiger partial charge in [0.25, 0.3) is 5.91 Å². The van der Waals surface area contributed by atoms with Crippen molar-refractivity contribution in [1.82, 2.24) is 19.9 Å². The second kappa shape index (κ2) is 6.83. The molecule has 0 aliphatic heterocycles. The number of aromatic nitrogens is 3. The van der Waals surface area contributed by atoms with Crippen molar-refractivity contribution in [3.8, 4) is 0 Å². The molecule has 0 spiro atoms. The van der Waals surface area contributed by atoms with Crippen LogP contribution in [-0.2, 0) is 6.54 Å². The number of rotatable bonds is 5. The third-order valence-electron chi connectivity index (χ3n) is 3.29. The smallest absolute Gasteiger partial charge is 0.252 e. The van der Waals surface area contributed by atoms with Crippen molar-refractivity contribution in [2.75, 3.05) is 0 Å². The molecule has 0 aliphatic carbocycles. The fourth-order valence-corrected chi connectivity index (χ4v) is 3.23. The molecule has 1 N–H and O–H groups in total. The van der Waals surface area contributed by atoms with Gasteiger partial charge in [-0.1, -0.05) is 32.0 Å². The van der Waals surface area contributed by atoms with E-state index in [1.165, 1.54) is 0 Å². The SMILES string of the molecule is CC(C)Sc1ccccc1C(=O)NCc1nnc2ccccn12. The van der Waals surface area contributed by atoms with Gasteiger partial charge in [-0.3, -0.25) is 9.20 Å². The van der Waals surface area contributed by atoms with E-state index in [9.17, 15) is 4.79 Å². The highest BCUT2D eigenvalue weighted by Gasteiger charge is 2.13. The van der Waals surface area contributed by atoms with E-state index in [1.54, 1.807) is 11.8 Å². The molecule has 0 unspecified atom stereocenters. The van der Waals surface area contributed by atoms with E-state index in [0.717, 1.165) is 10.5 Å². The number of thioether (sulfide) groups is 1. The van der Waals surface area contributed by atoms with Crippen molar-refractivity contribution in [2.45, 2.75) is 30.5 Å². The highest BCUT2D eigenvalue weighted by atomic mass is 32.2. The highest BCUT2D eigenvalue weighted by Crippen LogP contribution is 2.26. The van der Waals surface area contributed by atoms with Crippen molar-refractivity contribution in [1.29, 1.82) is 0 Å². The van der Waals surface area contributed by atoms with E-state index in [0.29, 0.717) is 23.2 Å². The maximum absolute atomic E-state index is 12.5. The number of pyridine rings is 1. The van der Waals surface area contributed by atoms with Crippen molar-refractivity contribution in [3.05, 3.63) is 60.0 Å². The number of carbonyl (C=O) groups is 1.